The summed E-state index contributed by atoms with van der Waals surface area (Å²) >= 11 is 6.11. The minimum absolute atomic E-state index is 0.619. The van der Waals surface area contributed by atoms with E-state index in [1.54, 1.807) is 0 Å². The molecule has 1 heterocycles. The number of rotatable bonds is 6. The highest BCUT2D eigenvalue weighted by atomic mass is 35.5. The molecule has 0 bridgehead atoms. The van der Waals surface area contributed by atoms with Gasteiger partial charge in [-0.2, -0.15) is 0 Å². The van der Waals surface area contributed by atoms with Gasteiger partial charge in [0.2, 0.25) is 0 Å². The fourth-order valence-electron chi connectivity index (χ4n) is 2.47. The van der Waals surface area contributed by atoms with Gasteiger partial charge in [0.15, 0.2) is 0 Å². The van der Waals surface area contributed by atoms with Crippen molar-refractivity contribution in [3.05, 3.63) is 58.4 Å². The minimum atomic E-state index is 0.619. The SMILES string of the molecule is CCN(Cc1cccc(C)n1)c1ccc(Cl)cc1CCN. The summed E-state index contributed by atoms with van der Waals surface area (Å²) in [4.78, 5) is 6.90. The Morgan fingerprint density at radius 1 is 1.24 bits per heavy atom. The molecule has 1 aromatic carbocycles. The van der Waals surface area contributed by atoms with E-state index in [9.17, 15) is 0 Å². The number of halogens is 1. The number of aromatic nitrogens is 1. The number of hydrogen-bond donors (Lipinski definition) is 1. The number of aryl methyl sites for hydroxylation is 1. The number of pyridine rings is 1. The number of benzene rings is 1. The van der Waals surface area contributed by atoms with Crippen LogP contribution in [0.2, 0.25) is 5.02 Å². The van der Waals surface area contributed by atoms with Crippen molar-refractivity contribution in [1.82, 2.24) is 4.98 Å². The van der Waals surface area contributed by atoms with E-state index in [1.165, 1.54) is 11.3 Å². The molecule has 0 aliphatic rings. The quantitative estimate of drug-likeness (QED) is 0.887. The first-order valence-electron chi connectivity index (χ1n) is 7.30. The van der Waals surface area contributed by atoms with Gasteiger partial charge in [0.1, 0.15) is 0 Å². The molecule has 4 heteroatoms. The van der Waals surface area contributed by atoms with Crippen LogP contribution in [0.4, 0.5) is 5.69 Å². The molecule has 2 rings (SSSR count). The van der Waals surface area contributed by atoms with Crippen LogP contribution < -0.4 is 10.6 Å². The second kappa shape index (κ2) is 7.43. The maximum atomic E-state index is 6.11. The Morgan fingerprint density at radius 3 is 2.71 bits per heavy atom. The zero-order valence-corrected chi connectivity index (χ0v) is 13.4. The third-order valence-corrected chi connectivity index (χ3v) is 3.71. The first-order valence-corrected chi connectivity index (χ1v) is 7.67. The second-order valence-corrected chi connectivity index (χ2v) is 5.53. The van der Waals surface area contributed by atoms with E-state index in [1.807, 2.05) is 31.2 Å². The Hall–Kier alpha value is -1.58. The lowest BCUT2D eigenvalue weighted by atomic mass is 10.1. The van der Waals surface area contributed by atoms with Crippen LogP contribution in [-0.2, 0) is 13.0 Å². The molecule has 0 unspecified atom stereocenters. The molecular formula is C17H22ClN3. The van der Waals surface area contributed by atoms with Crippen molar-refractivity contribution in [1.29, 1.82) is 0 Å². The molecule has 0 spiro atoms. The predicted octanol–water partition coefficient (Wildman–Crippen LogP) is 3.57. The molecule has 0 radical (unpaired) electrons. The summed E-state index contributed by atoms with van der Waals surface area (Å²) in [5.41, 5.74) is 10.2. The standard InChI is InChI=1S/C17H22ClN3/c1-3-21(12-16-6-4-5-13(2)20-16)17-8-7-15(18)11-14(17)9-10-19/h4-8,11H,3,9-10,12,19H2,1-2H3. The average Bonchev–Trinajstić information content (AvgIpc) is 2.46. The normalized spacial score (nSPS) is 10.7. The van der Waals surface area contributed by atoms with Crippen LogP contribution in [0.15, 0.2) is 36.4 Å². The van der Waals surface area contributed by atoms with E-state index < -0.39 is 0 Å². The number of nitrogens with zero attached hydrogens (tertiary/aromatic N) is 2. The molecule has 0 amide bonds. The lowest BCUT2D eigenvalue weighted by molar-refractivity contribution is 0.796. The molecule has 2 aromatic rings. The molecule has 0 aliphatic heterocycles. The van der Waals surface area contributed by atoms with Crippen LogP contribution in [-0.4, -0.2) is 18.1 Å². The van der Waals surface area contributed by atoms with Crippen LogP contribution in [0.1, 0.15) is 23.9 Å². The van der Waals surface area contributed by atoms with Gasteiger partial charge in [-0.15, -0.1) is 0 Å². The minimum Gasteiger partial charge on any atom is -0.366 e. The smallest absolute Gasteiger partial charge is 0.0602 e. The number of anilines is 1. The summed E-state index contributed by atoms with van der Waals surface area (Å²) in [5, 5.41) is 0.756. The zero-order valence-electron chi connectivity index (χ0n) is 12.6. The van der Waals surface area contributed by atoms with Crippen LogP contribution >= 0.6 is 11.6 Å². The van der Waals surface area contributed by atoms with E-state index in [4.69, 9.17) is 17.3 Å². The van der Waals surface area contributed by atoms with Crippen LogP contribution in [0.25, 0.3) is 0 Å². The van der Waals surface area contributed by atoms with Crippen molar-refractivity contribution >= 4 is 17.3 Å². The molecule has 0 fully saturated rings. The van der Waals surface area contributed by atoms with Crippen molar-refractivity contribution in [2.24, 2.45) is 5.73 Å². The third kappa shape index (κ3) is 4.19. The maximum absolute atomic E-state index is 6.11. The topological polar surface area (TPSA) is 42.2 Å². The first-order chi connectivity index (χ1) is 10.1. The van der Waals surface area contributed by atoms with Crippen molar-refractivity contribution < 1.29 is 0 Å². The molecule has 0 atom stereocenters. The van der Waals surface area contributed by atoms with E-state index in [0.29, 0.717) is 6.54 Å². The maximum Gasteiger partial charge on any atom is 0.0602 e. The van der Waals surface area contributed by atoms with Crippen molar-refractivity contribution in [3.8, 4) is 0 Å². The summed E-state index contributed by atoms with van der Waals surface area (Å²) in [7, 11) is 0. The van der Waals surface area contributed by atoms with Crippen LogP contribution in [0, 0.1) is 6.92 Å². The van der Waals surface area contributed by atoms with Gasteiger partial charge in [0.05, 0.1) is 12.2 Å². The first kappa shape index (κ1) is 15.8. The molecule has 0 saturated carbocycles. The van der Waals surface area contributed by atoms with Crippen LogP contribution in [0.5, 0.6) is 0 Å². The number of nitrogens with two attached hydrogens (primary N) is 1. The summed E-state index contributed by atoms with van der Waals surface area (Å²) in [5.74, 6) is 0. The molecule has 112 valence electrons. The lowest BCUT2D eigenvalue weighted by Crippen LogP contribution is -2.24. The van der Waals surface area contributed by atoms with Gasteiger partial charge in [0.25, 0.3) is 0 Å². The molecular weight excluding hydrogens is 282 g/mol. The summed E-state index contributed by atoms with van der Waals surface area (Å²) in [6, 6.07) is 12.1. The van der Waals surface area contributed by atoms with Crippen LogP contribution in [0.3, 0.4) is 0 Å². The van der Waals surface area contributed by atoms with Gasteiger partial charge < -0.3 is 10.6 Å². The summed E-state index contributed by atoms with van der Waals surface area (Å²) in [6.45, 7) is 6.48. The largest absolute Gasteiger partial charge is 0.366 e. The summed E-state index contributed by atoms with van der Waals surface area (Å²) < 4.78 is 0. The Morgan fingerprint density at radius 2 is 2.05 bits per heavy atom. The molecule has 0 saturated heterocycles. The predicted molar refractivity (Wildman–Crippen MR) is 89.9 cm³/mol. The van der Waals surface area contributed by atoms with E-state index in [2.05, 4.69) is 28.9 Å². The molecule has 1 aromatic heterocycles. The fourth-order valence-corrected chi connectivity index (χ4v) is 2.66. The van der Waals surface area contributed by atoms with Crippen molar-refractivity contribution in [3.63, 3.8) is 0 Å². The van der Waals surface area contributed by atoms with Gasteiger partial charge >= 0.3 is 0 Å². The Kier molecular flexibility index (Phi) is 5.59. The van der Waals surface area contributed by atoms with E-state index in [-0.39, 0.29) is 0 Å². The molecule has 21 heavy (non-hydrogen) atoms. The van der Waals surface area contributed by atoms with Gasteiger partial charge in [-0.3, -0.25) is 4.98 Å². The molecule has 2 N–H and O–H groups in total. The molecule has 3 nitrogen and oxygen atoms in total. The highest BCUT2D eigenvalue weighted by Crippen LogP contribution is 2.26. The zero-order chi connectivity index (χ0) is 15.2. The second-order valence-electron chi connectivity index (χ2n) is 5.10. The van der Waals surface area contributed by atoms with Gasteiger partial charge in [-0.1, -0.05) is 17.7 Å². The van der Waals surface area contributed by atoms with Gasteiger partial charge in [-0.25, -0.2) is 0 Å². The summed E-state index contributed by atoms with van der Waals surface area (Å²) in [6.07, 6.45) is 0.827. The Balaban J connectivity index is 2.28. The third-order valence-electron chi connectivity index (χ3n) is 3.48. The number of hydrogen-bond acceptors (Lipinski definition) is 3. The van der Waals surface area contributed by atoms with E-state index >= 15 is 0 Å². The van der Waals surface area contributed by atoms with Crippen molar-refractivity contribution in [2.45, 2.75) is 26.8 Å². The molecule has 0 aliphatic carbocycles. The Bertz CT molecular complexity index is 598. The Labute approximate surface area is 131 Å². The van der Waals surface area contributed by atoms with Gasteiger partial charge in [-0.05, 0) is 62.7 Å². The van der Waals surface area contributed by atoms with Gasteiger partial charge in [0, 0.05) is 22.9 Å². The highest BCUT2D eigenvalue weighted by Gasteiger charge is 2.11. The van der Waals surface area contributed by atoms with Crippen molar-refractivity contribution in [2.75, 3.05) is 18.0 Å². The average molecular weight is 304 g/mol. The highest BCUT2D eigenvalue weighted by molar-refractivity contribution is 6.30. The fraction of sp³-hybridized carbons (Fsp3) is 0.353. The lowest BCUT2D eigenvalue weighted by Gasteiger charge is -2.26. The monoisotopic (exact) mass is 303 g/mol. The van der Waals surface area contributed by atoms with E-state index in [0.717, 1.165) is 35.9 Å².